The summed E-state index contributed by atoms with van der Waals surface area (Å²) >= 11 is 1.60. The van der Waals surface area contributed by atoms with Gasteiger partial charge in [0.25, 0.3) is 0 Å². The number of amides is 2. The zero-order valence-corrected chi connectivity index (χ0v) is 14.0. The summed E-state index contributed by atoms with van der Waals surface area (Å²) < 4.78 is 0. The van der Waals surface area contributed by atoms with E-state index in [-0.39, 0.29) is 6.03 Å². The Bertz CT molecular complexity index is 462. The standard InChI is InChI=1S/C15H26N4OS/c1-11-6-4-5-7-19(11)12(2)8-16-15(20)17-9-14-10-21-13(3)18-14/h10-12H,4-9H2,1-3H3,(H2,16,17,20). The van der Waals surface area contributed by atoms with Gasteiger partial charge in [-0.25, -0.2) is 9.78 Å². The van der Waals surface area contributed by atoms with Crippen LogP contribution in [0.25, 0.3) is 0 Å². The zero-order chi connectivity index (χ0) is 15.2. The molecule has 2 unspecified atom stereocenters. The number of piperidine rings is 1. The van der Waals surface area contributed by atoms with Gasteiger partial charge in [-0.1, -0.05) is 6.42 Å². The van der Waals surface area contributed by atoms with Crippen LogP contribution in [-0.2, 0) is 6.54 Å². The summed E-state index contributed by atoms with van der Waals surface area (Å²) in [6.07, 6.45) is 3.86. The molecule has 21 heavy (non-hydrogen) atoms. The lowest BCUT2D eigenvalue weighted by atomic mass is 10.0. The van der Waals surface area contributed by atoms with Crippen molar-refractivity contribution in [1.82, 2.24) is 20.5 Å². The molecule has 2 atom stereocenters. The Morgan fingerprint density at radius 3 is 3.00 bits per heavy atom. The van der Waals surface area contributed by atoms with Gasteiger partial charge in [-0.05, 0) is 40.2 Å². The van der Waals surface area contributed by atoms with E-state index in [4.69, 9.17) is 0 Å². The third-order valence-corrected chi connectivity index (χ3v) is 4.90. The first-order valence-electron chi connectivity index (χ1n) is 7.74. The fraction of sp³-hybridized carbons (Fsp3) is 0.733. The van der Waals surface area contributed by atoms with Crippen LogP contribution in [-0.4, -0.2) is 41.1 Å². The van der Waals surface area contributed by atoms with E-state index in [9.17, 15) is 4.79 Å². The monoisotopic (exact) mass is 310 g/mol. The van der Waals surface area contributed by atoms with Gasteiger partial charge in [0.2, 0.25) is 0 Å². The molecule has 1 aromatic heterocycles. The molecule has 1 aliphatic heterocycles. The molecule has 0 aromatic carbocycles. The Morgan fingerprint density at radius 1 is 1.52 bits per heavy atom. The van der Waals surface area contributed by atoms with Crippen molar-refractivity contribution < 1.29 is 4.79 Å². The van der Waals surface area contributed by atoms with E-state index in [0.29, 0.717) is 25.2 Å². The average molecular weight is 310 g/mol. The molecule has 1 fully saturated rings. The lowest BCUT2D eigenvalue weighted by Gasteiger charge is -2.38. The molecular weight excluding hydrogens is 284 g/mol. The Hall–Kier alpha value is -1.14. The molecule has 0 saturated carbocycles. The lowest BCUT2D eigenvalue weighted by molar-refractivity contribution is 0.114. The normalized spacial score (nSPS) is 21.0. The SMILES string of the molecule is Cc1nc(CNC(=O)NCC(C)N2CCCCC2C)cs1. The predicted octanol–water partition coefficient (Wildman–Crippen LogP) is 2.51. The van der Waals surface area contributed by atoms with E-state index in [0.717, 1.165) is 17.2 Å². The number of likely N-dealkylation sites (tertiary alicyclic amines) is 1. The molecule has 0 radical (unpaired) electrons. The Kier molecular flexibility index (Phi) is 5.99. The number of hydrogen-bond donors (Lipinski definition) is 2. The number of thiazole rings is 1. The molecule has 2 N–H and O–H groups in total. The van der Waals surface area contributed by atoms with Crippen molar-refractivity contribution in [3.63, 3.8) is 0 Å². The molecule has 2 amide bonds. The molecule has 1 saturated heterocycles. The molecule has 0 aliphatic carbocycles. The van der Waals surface area contributed by atoms with E-state index < -0.39 is 0 Å². The fourth-order valence-electron chi connectivity index (χ4n) is 2.86. The molecule has 118 valence electrons. The highest BCUT2D eigenvalue weighted by Crippen LogP contribution is 2.18. The highest BCUT2D eigenvalue weighted by atomic mass is 32.1. The molecule has 2 rings (SSSR count). The van der Waals surface area contributed by atoms with Crippen molar-refractivity contribution in [3.8, 4) is 0 Å². The van der Waals surface area contributed by atoms with Crippen molar-refractivity contribution in [3.05, 3.63) is 16.1 Å². The lowest BCUT2D eigenvalue weighted by Crippen LogP contribution is -2.49. The van der Waals surface area contributed by atoms with Crippen LogP contribution >= 0.6 is 11.3 Å². The Morgan fingerprint density at radius 2 is 2.33 bits per heavy atom. The molecule has 5 nitrogen and oxygen atoms in total. The summed E-state index contributed by atoms with van der Waals surface area (Å²) in [6.45, 7) is 8.75. The van der Waals surface area contributed by atoms with Crippen LogP contribution in [0.2, 0.25) is 0 Å². The van der Waals surface area contributed by atoms with Crippen LogP contribution in [0.1, 0.15) is 43.8 Å². The number of nitrogens with zero attached hydrogens (tertiary/aromatic N) is 2. The van der Waals surface area contributed by atoms with Gasteiger partial charge < -0.3 is 10.6 Å². The van der Waals surface area contributed by atoms with Gasteiger partial charge in [-0.15, -0.1) is 11.3 Å². The van der Waals surface area contributed by atoms with E-state index in [1.54, 1.807) is 11.3 Å². The number of nitrogens with one attached hydrogen (secondary N) is 2. The van der Waals surface area contributed by atoms with Crippen molar-refractivity contribution in [2.75, 3.05) is 13.1 Å². The van der Waals surface area contributed by atoms with Crippen LogP contribution in [0.4, 0.5) is 4.79 Å². The van der Waals surface area contributed by atoms with Crippen molar-refractivity contribution in [1.29, 1.82) is 0 Å². The Balaban J connectivity index is 1.68. The van der Waals surface area contributed by atoms with Crippen molar-refractivity contribution in [2.24, 2.45) is 0 Å². The number of carbonyl (C=O) groups excluding carboxylic acids is 1. The second-order valence-electron chi connectivity index (χ2n) is 5.85. The van der Waals surface area contributed by atoms with Crippen molar-refractivity contribution >= 4 is 17.4 Å². The minimum Gasteiger partial charge on any atom is -0.337 e. The summed E-state index contributed by atoms with van der Waals surface area (Å²) in [5, 5.41) is 8.83. The first kappa shape index (κ1) is 16.2. The number of urea groups is 1. The van der Waals surface area contributed by atoms with E-state index in [1.165, 1.54) is 19.3 Å². The minimum atomic E-state index is -0.114. The van der Waals surface area contributed by atoms with E-state index in [1.807, 2.05) is 12.3 Å². The summed E-state index contributed by atoms with van der Waals surface area (Å²) in [4.78, 5) is 18.6. The van der Waals surface area contributed by atoms with Gasteiger partial charge in [0.1, 0.15) is 0 Å². The van der Waals surface area contributed by atoms with Crippen LogP contribution in [0.5, 0.6) is 0 Å². The Labute approximate surface area is 131 Å². The molecule has 2 heterocycles. The number of carbonyl (C=O) groups is 1. The summed E-state index contributed by atoms with van der Waals surface area (Å²) in [7, 11) is 0. The first-order valence-corrected chi connectivity index (χ1v) is 8.62. The smallest absolute Gasteiger partial charge is 0.315 e. The maximum absolute atomic E-state index is 11.8. The summed E-state index contributed by atoms with van der Waals surface area (Å²) in [6, 6.07) is 0.890. The largest absolute Gasteiger partial charge is 0.337 e. The molecule has 0 bridgehead atoms. The zero-order valence-electron chi connectivity index (χ0n) is 13.2. The van der Waals surface area contributed by atoms with Crippen LogP contribution in [0.15, 0.2) is 5.38 Å². The average Bonchev–Trinajstić information content (AvgIpc) is 2.89. The maximum Gasteiger partial charge on any atom is 0.315 e. The van der Waals surface area contributed by atoms with Gasteiger partial charge >= 0.3 is 6.03 Å². The molecule has 1 aromatic rings. The molecular formula is C15H26N4OS. The van der Waals surface area contributed by atoms with Crippen LogP contribution in [0.3, 0.4) is 0 Å². The third-order valence-electron chi connectivity index (χ3n) is 4.08. The van der Waals surface area contributed by atoms with Gasteiger partial charge in [-0.3, -0.25) is 4.90 Å². The maximum atomic E-state index is 11.8. The summed E-state index contributed by atoms with van der Waals surface area (Å²) in [5.41, 5.74) is 0.922. The second kappa shape index (κ2) is 7.75. The molecule has 0 spiro atoms. The predicted molar refractivity (Wildman–Crippen MR) is 86.6 cm³/mol. The number of aryl methyl sites for hydroxylation is 1. The quantitative estimate of drug-likeness (QED) is 0.878. The van der Waals surface area contributed by atoms with Crippen LogP contribution in [0, 0.1) is 6.92 Å². The van der Waals surface area contributed by atoms with E-state index >= 15 is 0 Å². The fourth-order valence-corrected chi connectivity index (χ4v) is 3.47. The van der Waals surface area contributed by atoms with Gasteiger partial charge in [0.05, 0.1) is 17.2 Å². The van der Waals surface area contributed by atoms with Gasteiger partial charge in [0.15, 0.2) is 0 Å². The van der Waals surface area contributed by atoms with Crippen LogP contribution < -0.4 is 10.6 Å². The number of rotatable bonds is 5. The van der Waals surface area contributed by atoms with Gasteiger partial charge in [-0.2, -0.15) is 0 Å². The molecule has 1 aliphatic rings. The van der Waals surface area contributed by atoms with Crippen molar-refractivity contribution in [2.45, 2.75) is 58.7 Å². The first-order chi connectivity index (χ1) is 10.1. The number of aromatic nitrogens is 1. The summed E-state index contributed by atoms with van der Waals surface area (Å²) in [5.74, 6) is 0. The highest BCUT2D eigenvalue weighted by molar-refractivity contribution is 7.09. The molecule has 6 heteroatoms. The minimum absolute atomic E-state index is 0.114. The number of hydrogen-bond acceptors (Lipinski definition) is 4. The second-order valence-corrected chi connectivity index (χ2v) is 6.92. The van der Waals surface area contributed by atoms with Gasteiger partial charge in [0, 0.05) is 24.0 Å². The highest BCUT2D eigenvalue weighted by Gasteiger charge is 2.23. The topological polar surface area (TPSA) is 57.3 Å². The third kappa shape index (κ3) is 4.97. The van der Waals surface area contributed by atoms with E-state index in [2.05, 4.69) is 34.4 Å².